The summed E-state index contributed by atoms with van der Waals surface area (Å²) in [6.45, 7) is 5.21. The molecule has 1 atom stereocenters. The number of allylic oxidation sites excluding steroid dienone is 4. The SMILES string of the molecule is C=CCC1=CC=C(CNc2ncnc(N3CCCC3c3ccc4c(c3)C4)c2F)CC1. The van der Waals surface area contributed by atoms with E-state index in [2.05, 4.69) is 57.1 Å². The van der Waals surface area contributed by atoms with Gasteiger partial charge in [0.1, 0.15) is 6.33 Å². The second-order valence-electron chi connectivity index (χ2n) is 8.41. The van der Waals surface area contributed by atoms with Gasteiger partial charge in [-0.05, 0) is 55.2 Å². The summed E-state index contributed by atoms with van der Waals surface area (Å²) < 4.78 is 15.3. The van der Waals surface area contributed by atoms with Crippen LogP contribution in [0.15, 0.2) is 60.5 Å². The highest BCUT2D eigenvalue weighted by Crippen LogP contribution is 2.40. The van der Waals surface area contributed by atoms with E-state index >= 15 is 4.39 Å². The van der Waals surface area contributed by atoms with Crippen LogP contribution in [-0.4, -0.2) is 23.1 Å². The molecule has 0 amide bonds. The normalized spacial score (nSPS) is 19.8. The summed E-state index contributed by atoms with van der Waals surface area (Å²) in [5.74, 6) is 0.342. The molecule has 0 radical (unpaired) electrons. The minimum atomic E-state index is -0.351. The standard InChI is InChI=1S/C25H27FN4/c1-2-4-17-6-8-18(9-7-17)15-27-24-23(26)25(29-16-28-24)30-12-3-5-22(30)20-11-10-19-13-21(19)14-20/h2,6,8,10-11,14,16,22H,1,3-5,7,9,12-13,15H2,(H,27,28,29). The fourth-order valence-corrected chi connectivity index (χ4v) is 4.60. The van der Waals surface area contributed by atoms with E-state index in [1.807, 2.05) is 6.08 Å². The van der Waals surface area contributed by atoms with Gasteiger partial charge < -0.3 is 10.2 Å². The van der Waals surface area contributed by atoms with E-state index in [-0.39, 0.29) is 17.7 Å². The van der Waals surface area contributed by atoms with Crippen LogP contribution in [0.25, 0.3) is 0 Å². The van der Waals surface area contributed by atoms with Crippen molar-refractivity contribution in [2.24, 2.45) is 0 Å². The maximum Gasteiger partial charge on any atom is 0.207 e. The lowest BCUT2D eigenvalue weighted by Gasteiger charge is -2.26. The van der Waals surface area contributed by atoms with Gasteiger partial charge in [0.05, 0.1) is 6.04 Å². The molecule has 4 nitrogen and oxygen atoms in total. The van der Waals surface area contributed by atoms with Crippen LogP contribution in [0.5, 0.6) is 0 Å². The van der Waals surface area contributed by atoms with Crippen molar-refractivity contribution < 1.29 is 4.39 Å². The minimum absolute atomic E-state index is 0.183. The van der Waals surface area contributed by atoms with Crippen LogP contribution in [-0.2, 0) is 6.42 Å². The number of hydrogen-bond donors (Lipinski definition) is 1. The Bertz CT molecular complexity index is 1040. The number of aromatic nitrogens is 2. The lowest BCUT2D eigenvalue weighted by atomic mass is 9.96. The molecule has 3 aliphatic rings. The highest BCUT2D eigenvalue weighted by atomic mass is 19.1. The summed E-state index contributed by atoms with van der Waals surface area (Å²) in [6.07, 6.45) is 13.8. The summed E-state index contributed by atoms with van der Waals surface area (Å²) in [7, 11) is 0. The average molecular weight is 403 g/mol. The van der Waals surface area contributed by atoms with Crippen LogP contribution >= 0.6 is 0 Å². The molecule has 1 aliphatic heterocycles. The van der Waals surface area contributed by atoms with Gasteiger partial charge in [-0.15, -0.1) is 6.58 Å². The predicted octanol–water partition coefficient (Wildman–Crippen LogP) is 5.50. The summed E-state index contributed by atoms with van der Waals surface area (Å²) in [6, 6.07) is 6.86. The van der Waals surface area contributed by atoms with Crippen LogP contribution in [0.4, 0.5) is 16.0 Å². The van der Waals surface area contributed by atoms with Gasteiger partial charge in [-0.2, -0.15) is 4.39 Å². The molecule has 0 spiro atoms. The van der Waals surface area contributed by atoms with Crippen LogP contribution in [0, 0.1) is 5.82 Å². The Hall–Kier alpha value is -2.95. The molecule has 2 aromatic rings. The Morgan fingerprint density at radius 3 is 2.83 bits per heavy atom. The first-order chi connectivity index (χ1) is 14.7. The van der Waals surface area contributed by atoms with Crippen molar-refractivity contribution in [3.63, 3.8) is 0 Å². The second-order valence-corrected chi connectivity index (χ2v) is 8.41. The maximum atomic E-state index is 15.3. The number of halogens is 1. The number of rotatable bonds is 7. The third-order valence-electron chi connectivity index (χ3n) is 6.38. The van der Waals surface area contributed by atoms with E-state index in [1.54, 1.807) is 0 Å². The number of fused-ring (bicyclic) bond motifs is 1. The predicted molar refractivity (Wildman–Crippen MR) is 119 cm³/mol. The topological polar surface area (TPSA) is 41.1 Å². The molecule has 0 bridgehead atoms. The van der Waals surface area contributed by atoms with Gasteiger partial charge in [0, 0.05) is 13.1 Å². The molecule has 0 saturated carbocycles. The summed E-state index contributed by atoms with van der Waals surface area (Å²) in [5.41, 5.74) is 6.78. The summed E-state index contributed by atoms with van der Waals surface area (Å²) >= 11 is 0. The molecule has 5 heteroatoms. The van der Waals surface area contributed by atoms with Gasteiger partial charge in [-0.1, -0.05) is 47.6 Å². The van der Waals surface area contributed by atoms with E-state index in [4.69, 9.17) is 0 Å². The Morgan fingerprint density at radius 2 is 2.03 bits per heavy atom. The third kappa shape index (κ3) is 3.76. The number of nitrogens with one attached hydrogen (secondary N) is 1. The van der Waals surface area contributed by atoms with E-state index in [9.17, 15) is 0 Å². The molecule has 1 fully saturated rings. The van der Waals surface area contributed by atoms with Crippen molar-refractivity contribution in [2.75, 3.05) is 23.3 Å². The first-order valence-corrected chi connectivity index (χ1v) is 10.8. The molecule has 5 rings (SSSR count). The molecule has 1 aromatic carbocycles. The van der Waals surface area contributed by atoms with E-state index < -0.39 is 0 Å². The van der Waals surface area contributed by atoms with Crippen molar-refractivity contribution in [1.29, 1.82) is 0 Å². The minimum Gasteiger partial charge on any atom is -0.364 e. The smallest absolute Gasteiger partial charge is 0.207 e. The summed E-state index contributed by atoms with van der Waals surface area (Å²) in [5, 5.41) is 3.19. The van der Waals surface area contributed by atoms with E-state index in [0.717, 1.165) is 45.1 Å². The number of benzene rings is 1. The molecule has 1 aromatic heterocycles. The van der Waals surface area contributed by atoms with E-state index in [0.29, 0.717) is 12.4 Å². The Morgan fingerprint density at radius 1 is 1.17 bits per heavy atom. The molecule has 2 aliphatic carbocycles. The number of hydrogen-bond acceptors (Lipinski definition) is 4. The van der Waals surface area contributed by atoms with Crippen LogP contribution in [0.2, 0.25) is 0 Å². The summed E-state index contributed by atoms with van der Waals surface area (Å²) in [4.78, 5) is 10.6. The monoisotopic (exact) mass is 402 g/mol. The van der Waals surface area contributed by atoms with Gasteiger partial charge in [-0.3, -0.25) is 0 Å². The lowest BCUT2D eigenvalue weighted by molar-refractivity contribution is 0.598. The quantitative estimate of drug-likeness (QED) is 0.530. The van der Waals surface area contributed by atoms with Crippen molar-refractivity contribution >= 4 is 11.6 Å². The van der Waals surface area contributed by atoms with Gasteiger partial charge in [0.25, 0.3) is 0 Å². The van der Waals surface area contributed by atoms with Gasteiger partial charge >= 0.3 is 0 Å². The van der Waals surface area contributed by atoms with Gasteiger partial charge in [-0.25, -0.2) is 9.97 Å². The molecule has 1 unspecified atom stereocenters. The van der Waals surface area contributed by atoms with Gasteiger partial charge in [0.2, 0.25) is 5.82 Å². The van der Waals surface area contributed by atoms with Crippen LogP contribution in [0.3, 0.4) is 0 Å². The fraction of sp³-hybridized carbons (Fsp3) is 0.360. The number of anilines is 2. The Balaban J connectivity index is 1.31. The largest absolute Gasteiger partial charge is 0.364 e. The molecule has 1 saturated heterocycles. The van der Waals surface area contributed by atoms with Crippen LogP contribution < -0.4 is 10.2 Å². The van der Waals surface area contributed by atoms with Crippen molar-refractivity contribution in [3.05, 3.63) is 83.0 Å². The first kappa shape index (κ1) is 19.0. The molecular weight excluding hydrogens is 375 g/mol. The number of nitrogens with zero attached hydrogens (tertiary/aromatic N) is 3. The van der Waals surface area contributed by atoms with Crippen molar-refractivity contribution in [1.82, 2.24) is 9.97 Å². The third-order valence-corrected chi connectivity index (χ3v) is 6.38. The lowest BCUT2D eigenvalue weighted by Crippen LogP contribution is -2.25. The average Bonchev–Trinajstić information content (AvgIpc) is 3.39. The molecule has 2 heterocycles. The zero-order valence-corrected chi connectivity index (χ0v) is 17.2. The van der Waals surface area contributed by atoms with Gasteiger partial charge in [0.15, 0.2) is 11.6 Å². The highest BCUT2D eigenvalue weighted by molar-refractivity contribution is 5.55. The molecule has 1 N–H and O–H groups in total. The Kier molecular flexibility index (Phi) is 5.11. The van der Waals surface area contributed by atoms with E-state index in [1.165, 1.54) is 34.2 Å². The second kappa shape index (κ2) is 8.05. The first-order valence-electron chi connectivity index (χ1n) is 10.8. The molecule has 30 heavy (non-hydrogen) atoms. The maximum absolute atomic E-state index is 15.3. The van der Waals surface area contributed by atoms with Crippen molar-refractivity contribution in [3.8, 4) is 0 Å². The zero-order chi connectivity index (χ0) is 20.5. The van der Waals surface area contributed by atoms with Crippen LogP contribution in [0.1, 0.15) is 54.8 Å². The molecular formula is C25H27FN4. The zero-order valence-electron chi connectivity index (χ0n) is 17.2. The highest BCUT2D eigenvalue weighted by Gasteiger charge is 2.31. The fourth-order valence-electron chi connectivity index (χ4n) is 4.60. The molecule has 154 valence electrons. The Labute approximate surface area is 177 Å². The van der Waals surface area contributed by atoms with Crippen molar-refractivity contribution in [2.45, 2.75) is 44.6 Å².